The number of methoxy groups -OCH3 is 1. The molecular formula is C16H18F3NO4. The lowest BCUT2D eigenvalue weighted by atomic mass is 9.86. The third kappa shape index (κ3) is 3.32. The van der Waals surface area contributed by atoms with E-state index in [0.29, 0.717) is 12.2 Å². The van der Waals surface area contributed by atoms with Gasteiger partial charge in [0, 0.05) is 19.5 Å². The molecule has 1 heterocycles. The number of carboxylic acids is 1. The van der Waals surface area contributed by atoms with E-state index in [1.807, 2.05) is 0 Å². The second-order valence-electron chi connectivity index (χ2n) is 5.76. The zero-order valence-corrected chi connectivity index (χ0v) is 13.1. The van der Waals surface area contributed by atoms with Gasteiger partial charge in [-0.25, -0.2) is 0 Å². The van der Waals surface area contributed by atoms with Crippen LogP contribution in [0.25, 0.3) is 0 Å². The lowest BCUT2D eigenvalue weighted by molar-refractivity contribution is -0.227. The molecule has 1 aliphatic rings. The number of carboxylic acid groups (broad SMARTS) is 1. The van der Waals surface area contributed by atoms with Crippen molar-refractivity contribution in [1.82, 2.24) is 4.90 Å². The molecule has 1 aliphatic heterocycles. The Labute approximate surface area is 137 Å². The van der Waals surface area contributed by atoms with E-state index in [2.05, 4.69) is 0 Å². The number of alkyl halides is 3. The monoisotopic (exact) mass is 345 g/mol. The van der Waals surface area contributed by atoms with E-state index >= 15 is 0 Å². The van der Waals surface area contributed by atoms with Crippen molar-refractivity contribution in [2.75, 3.05) is 20.2 Å². The highest BCUT2D eigenvalue weighted by molar-refractivity contribution is 5.81. The molecule has 1 aromatic carbocycles. The fraction of sp³-hybridized carbons (Fsp3) is 0.500. The average Bonchev–Trinajstić information content (AvgIpc) is 2.99. The summed E-state index contributed by atoms with van der Waals surface area (Å²) in [6.45, 7) is -1.05. The molecule has 132 valence electrons. The fourth-order valence-electron chi connectivity index (χ4n) is 2.86. The number of carbonyl (C=O) groups excluding carboxylic acids is 1. The molecule has 1 amide bonds. The highest BCUT2D eigenvalue weighted by Crippen LogP contribution is 2.45. The first kappa shape index (κ1) is 18.1. The van der Waals surface area contributed by atoms with Crippen LogP contribution in [0.4, 0.5) is 13.2 Å². The lowest BCUT2D eigenvalue weighted by Crippen LogP contribution is -2.47. The van der Waals surface area contributed by atoms with Crippen molar-refractivity contribution in [3.63, 3.8) is 0 Å². The molecule has 8 heteroatoms. The van der Waals surface area contributed by atoms with Crippen LogP contribution in [-0.4, -0.2) is 48.3 Å². The SMILES string of the molecule is COc1ccccc1CCC(=O)N1CCC(C(=O)O)(C(F)(F)F)C1. The van der Waals surface area contributed by atoms with Gasteiger partial charge in [-0.05, 0) is 24.5 Å². The lowest BCUT2D eigenvalue weighted by Gasteiger charge is -2.27. The summed E-state index contributed by atoms with van der Waals surface area (Å²) in [5.41, 5.74) is -2.10. The van der Waals surface area contributed by atoms with Crippen LogP contribution in [0.15, 0.2) is 24.3 Å². The summed E-state index contributed by atoms with van der Waals surface area (Å²) >= 11 is 0. The van der Waals surface area contributed by atoms with E-state index < -0.39 is 36.4 Å². The number of likely N-dealkylation sites (tertiary alicyclic amines) is 1. The summed E-state index contributed by atoms with van der Waals surface area (Å²) < 4.78 is 44.5. The predicted molar refractivity (Wildman–Crippen MR) is 78.6 cm³/mol. The molecule has 0 aromatic heterocycles. The first-order valence-corrected chi connectivity index (χ1v) is 7.41. The molecule has 0 saturated carbocycles. The normalized spacial score (nSPS) is 20.9. The van der Waals surface area contributed by atoms with Gasteiger partial charge in [-0.15, -0.1) is 0 Å². The van der Waals surface area contributed by atoms with Crippen molar-refractivity contribution in [2.45, 2.75) is 25.4 Å². The standard InChI is InChI=1S/C16H18F3NO4/c1-24-12-5-3-2-4-11(12)6-7-13(21)20-9-8-15(10-20,14(22)23)16(17,18)19/h2-5H,6-10H2,1H3,(H,22,23). The van der Waals surface area contributed by atoms with E-state index in [9.17, 15) is 22.8 Å². The number of carbonyl (C=O) groups is 2. The highest BCUT2D eigenvalue weighted by atomic mass is 19.4. The number of ether oxygens (including phenoxy) is 1. The van der Waals surface area contributed by atoms with Crippen LogP contribution < -0.4 is 4.74 Å². The number of benzene rings is 1. The van der Waals surface area contributed by atoms with Crippen molar-refractivity contribution >= 4 is 11.9 Å². The van der Waals surface area contributed by atoms with Gasteiger partial charge in [-0.3, -0.25) is 9.59 Å². The molecule has 1 aromatic rings. The third-order valence-corrected chi connectivity index (χ3v) is 4.37. The molecule has 24 heavy (non-hydrogen) atoms. The van der Waals surface area contributed by atoms with Gasteiger partial charge in [0.1, 0.15) is 5.75 Å². The fourth-order valence-corrected chi connectivity index (χ4v) is 2.86. The molecule has 0 bridgehead atoms. The van der Waals surface area contributed by atoms with Crippen LogP contribution >= 0.6 is 0 Å². The van der Waals surface area contributed by atoms with Gasteiger partial charge in [0.15, 0.2) is 5.41 Å². The topological polar surface area (TPSA) is 66.8 Å². The highest BCUT2D eigenvalue weighted by Gasteiger charge is 2.64. The van der Waals surface area contributed by atoms with Crippen LogP contribution in [0.1, 0.15) is 18.4 Å². The van der Waals surface area contributed by atoms with Crippen molar-refractivity contribution in [1.29, 1.82) is 0 Å². The van der Waals surface area contributed by atoms with E-state index in [0.717, 1.165) is 10.5 Å². The third-order valence-electron chi connectivity index (χ3n) is 4.37. The zero-order chi connectivity index (χ0) is 18.0. The van der Waals surface area contributed by atoms with Gasteiger partial charge in [0.25, 0.3) is 0 Å². The van der Waals surface area contributed by atoms with Gasteiger partial charge in [0.05, 0.1) is 7.11 Å². The van der Waals surface area contributed by atoms with Crippen LogP contribution in [0, 0.1) is 5.41 Å². The summed E-state index contributed by atoms with van der Waals surface area (Å²) in [4.78, 5) is 24.3. The maximum atomic E-state index is 13.1. The van der Waals surface area contributed by atoms with E-state index in [1.54, 1.807) is 24.3 Å². The molecule has 1 saturated heterocycles. The minimum absolute atomic E-state index is 0.00602. The van der Waals surface area contributed by atoms with Crippen molar-refractivity contribution in [2.24, 2.45) is 5.41 Å². The van der Waals surface area contributed by atoms with E-state index in [4.69, 9.17) is 9.84 Å². The van der Waals surface area contributed by atoms with Crippen molar-refractivity contribution < 1.29 is 32.6 Å². The number of halogens is 3. The molecule has 2 rings (SSSR count). The zero-order valence-electron chi connectivity index (χ0n) is 13.1. The van der Waals surface area contributed by atoms with Crippen molar-refractivity contribution in [3.05, 3.63) is 29.8 Å². The van der Waals surface area contributed by atoms with Crippen LogP contribution in [-0.2, 0) is 16.0 Å². The van der Waals surface area contributed by atoms with E-state index in [-0.39, 0.29) is 13.0 Å². The van der Waals surface area contributed by atoms with Crippen molar-refractivity contribution in [3.8, 4) is 5.75 Å². The second-order valence-corrected chi connectivity index (χ2v) is 5.76. The molecule has 0 spiro atoms. The Morgan fingerprint density at radius 2 is 2.00 bits per heavy atom. The maximum absolute atomic E-state index is 13.1. The quantitative estimate of drug-likeness (QED) is 0.890. The molecule has 1 atom stereocenters. The summed E-state index contributed by atoms with van der Waals surface area (Å²) in [5.74, 6) is -1.83. The first-order chi connectivity index (χ1) is 11.2. The summed E-state index contributed by atoms with van der Waals surface area (Å²) in [6, 6.07) is 7.05. The van der Waals surface area contributed by atoms with Gasteiger partial charge < -0.3 is 14.7 Å². The maximum Gasteiger partial charge on any atom is 0.406 e. The average molecular weight is 345 g/mol. The summed E-state index contributed by atoms with van der Waals surface area (Å²) in [6.07, 6.45) is -5.21. The Kier molecular flexibility index (Phi) is 5.05. The molecule has 5 nitrogen and oxygen atoms in total. The number of hydrogen-bond donors (Lipinski definition) is 1. The predicted octanol–water partition coefficient (Wildman–Crippen LogP) is 2.49. The first-order valence-electron chi connectivity index (χ1n) is 7.41. The largest absolute Gasteiger partial charge is 0.496 e. The number of aryl methyl sites for hydroxylation is 1. The molecule has 1 fully saturated rings. The molecule has 1 N–H and O–H groups in total. The second kappa shape index (κ2) is 6.70. The van der Waals surface area contributed by atoms with Gasteiger partial charge in [-0.1, -0.05) is 18.2 Å². The Morgan fingerprint density at radius 3 is 2.54 bits per heavy atom. The Balaban J connectivity index is 2.03. The Bertz CT molecular complexity index is 632. The van der Waals surface area contributed by atoms with Gasteiger partial charge in [0.2, 0.25) is 5.91 Å². The Hall–Kier alpha value is -2.25. The molecule has 0 radical (unpaired) electrons. The van der Waals surface area contributed by atoms with Gasteiger partial charge in [-0.2, -0.15) is 13.2 Å². The van der Waals surface area contributed by atoms with Crippen LogP contribution in [0.3, 0.4) is 0 Å². The number of nitrogens with zero attached hydrogens (tertiary/aromatic N) is 1. The van der Waals surface area contributed by atoms with Crippen LogP contribution in [0.2, 0.25) is 0 Å². The number of aliphatic carboxylic acids is 1. The van der Waals surface area contributed by atoms with Gasteiger partial charge >= 0.3 is 12.1 Å². The van der Waals surface area contributed by atoms with Crippen LogP contribution in [0.5, 0.6) is 5.75 Å². The minimum atomic E-state index is -4.89. The molecule has 0 aliphatic carbocycles. The summed E-state index contributed by atoms with van der Waals surface area (Å²) in [5, 5.41) is 9.00. The number of hydrogen-bond acceptors (Lipinski definition) is 3. The van der Waals surface area contributed by atoms with E-state index in [1.165, 1.54) is 7.11 Å². The summed E-state index contributed by atoms with van der Waals surface area (Å²) in [7, 11) is 1.49. The number of rotatable bonds is 5. The Morgan fingerprint density at radius 1 is 1.33 bits per heavy atom. The number of amides is 1. The molecule has 1 unspecified atom stereocenters. The smallest absolute Gasteiger partial charge is 0.406 e. The number of para-hydroxylation sites is 1. The molecular weight excluding hydrogens is 327 g/mol. The minimum Gasteiger partial charge on any atom is -0.496 e.